The van der Waals surface area contributed by atoms with E-state index < -0.39 is 12.0 Å². The van der Waals surface area contributed by atoms with Gasteiger partial charge in [0, 0.05) is 48.9 Å². The van der Waals surface area contributed by atoms with Gasteiger partial charge in [0.2, 0.25) is 5.91 Å². The Hall–Kier alpha value is -2.09. The number of likely N-dealkylation sites (tertiary alicyclic amines) is 1. The van der Waals surface area contributed by atoms with Crippen LogP contribution in [0.5, 0.6) is 0 Å². The van der Waals surface area contributed by atoms with Crippen molar-refractivity contribution in [3.63, 3.8) is 0 Å². The molecule has 4 N–H and O–H groups in total. The van der Waals surface area contributed by atoms with Gasteiger partial charge in [0.25, 0.3) is 0 Å². The number of hydrogen-bond donors (Lipinski definition) is 4. The molecule has 0 aromatic carbocycles. The molecule has 4 atom stereocenters. The van der Waals surface area contributed by atoms with Gasteiger partial charge in [0.1, 0.15) is 5.82 Å². The third kappa shape index (κ3) is 4.33. The van der Waals surface area contributed by atoms with Crippen LogP contribution in [0.25, 0.3) is 0 Å². The van der Waals surface area contributed by atoms with Crippen molar-refractivity contribution in [3.05, 3.63) is 17.7 Å². The minimum Gasteiger partial charge on any atom is -0.392 e. The van der Waals surface area contributed by atoms with E-state index in [1.165, 1.54) is 0 Å². The third-order valence-corrected chi connectivity index (χ3v) is 6.98. The second kappa shape index (κ2) is 8.96. The first-order valence-electron chi connectivity index (χ1n) is 11.5. The van der Waals surface area contributed by atoms with E-state index in [0.717, 1.165) is 63.1 Å². The molecule has 30 heavy (non-hydrogen) atoms. The molecule has 3 aliphatic rings. The van der Waals surface area contributed by atoms with Crippen LogP contribution in [0.2, 0.25) is 0 Å². The fourth-order valence-electron chi connectivity index (χ4n) is 5.30. The molecule has 1 saturated heterocycles. The average Bonchev–Trinajstić information content (AvgIpc) is 3.49. The molecular weight excluding hydrogens is 382 g/mol. The van der Waals surface area contributed by atoms with E-state index in [2.05, 4.69) is 34.4 Å². The molecule has 2 aliphatic carbocycles. The third-order valence-electron chi connectivity index (χ3n) is 6.98. The number of aliphatic hydroxyl groups is 1. The van der Waals surface area contributed by atoms with Crippen LogP contribution in [-0.4, -0.2) is 63.2 Å². The number of imidazole rings is 1. The Balaban J connectivity index is 1.52. The number of rotatable bonds is 5. The highest BCUT2D eigenvalue weighted by atomic mass is 16.3. The maximum absolute atomic E-state index is 13.1. The lowest BCUT2D eigenvalue weighted by atomic mass is 9.96. The van der Waals surface area contributed by atoms with Crippen LogP contribution >= 0.6 is 0 Å². The monoisotopic (exact) mass is 417 g/mol. The molecule has 0 radical (unpaired) electrons. The summed E-state index contributed by atoms with van der Waals surface area (Å²) >= 11 is 0. The number of aromatic nitrogens is 2. The zero-order valence-electron chi connectivity index (χ0n) is 18.1. The fraction of sp³-hybridized carbons (Fsp3) is 0.773. The molecule has 166 valence electrons. The van der Waals surface area contributed by atoms with Crippen molar-refractivity contribution in [3.8, 4) is 0 Å². The SMILES string of the molecule is CC(C)c1ncc([C@@H]2[C@H](O)[C@@H](C(=O)N3CCCC3)C[C@H]2NC(=O)NC2CCCC2)[nH]1. The summed E-state index contributed by atoms with van der Waals surface area (Å²) in [4.78, 5) is 35.4. The van der Waals surface area contributed by atoms with Crippen molar-refractivity contribution in [1.82, 2.24) is 25.5 Å². The van der Waals surface area contributed by atoms with Crippen LogP contribution in [-0.2, 0) is 4.79 Å². The van der Waals surface area contributed by atoms with Crippen molar-refractivity contribution in [2.45, 2.75) is 88.8 Å². The van der Waals surface area contributed by atoms with Crippen LogP contribution < -0.4 is 10.6 Å². The topological polar surface area (TPSA) is 110 Å². The normalized spacial score (nSPS) is 29.7. The molecule has 2 saturated carbocycles. The standard InChI is InChI=1S/C22H35N5O3/c1-13(2)20-23-12-17(25-20)18-16(26-22(30)24-14-7-3-4-8-14)11-15(19(18)28)21(29)27-9-5-6-10-27/h12-16,18-19,28H,3-11H2,1-2H3,(H,23,25)(H2,24,26,30)/t15-,16+,18+,19+/m0/s1. The van der Waals surface area contributed by atoms with Gasteiger partial charge in [-0.15, -0.1) is 0 Å². The predicted molar refractivity (Wildman–Crippen MR) is 113 cm³/mol. The van der Waals surface area contributed by atoms with Gasteiger partial charge in [-0.3, -0.25) is 4.79 Å². The minimum atomic E-state index is -0.852. The van der Waals surface area contributed by atoms with Crippen molar-refractivity contribution in [2.24, 2.45) is 5.92 Å². The number of carbonyl (C=O) groups excluding carboxylic acids is 2. The first-order valence-corrected chi connectivity index (χ1v) is 11.5. The molecule has 3 fully saturated rings. The Bertz CT molecular complexity index is 752. The first kappa shape index (κ1) is 21.2. The molecule has 1 aromatic rings. The molecule has 2 heterocycles. The summed E-state index contributed by atoms with van der Waals surface area (Å²) in [6.07, 6.45) is 7.68. The summed E-state index contributed by atoms with van der Waals surface area (Å²) in [5.41, 5.74) is 0.786. The number of nitrogens with one attached hydrogen (secondary N) is 3. The van der Waals surface area contributed by atoms with Crippen LogP contribution in [0.4, 0.5) is 4.79 Å². The molecule has 1 aromatic heterocycles. The number of urea groups is 1. The smallest absolute Gasteiger partial charge is 0.315 e. The van der Waals surface area contributed by atoms with Gasteiger partial charge in [0.15, 0.2) is 0 Å². The van der Waals surface area contributed by atoms with Crippen LogP contribution in [0.3, 0.4) is 0 Å². The van der Waals surface area contributed by atoms with Crippen LogP contribution in [0.15, 0.2) is 6.20 Å². The van der Waals surface area contributed by atoms with Crippen LogP contribution in [0, 0.1) is 5.92 Å². The molecule has 4 rings (SSSR count). The summed E-state index contributed by atoms with van der Waals surface area (Å²) in [7, 11) is 0. The average molecular weight is 418 g/mol. The van der Waals surface area contributed by atoms with E-state index in [1.54, 1.807) is 6.20 Å². The number of hydrogen-bond acceptors (Lipinski definition) is 4. The fourth-order valence-corrected chi connectivity index (χ4v) is 5.30. The zero-order chi connectivity index (χ0) is 21.3. The Morgan fingerprint density at radius 1 is 1.17 bits per heavy atom. The van der Waals surface area contributed by atoms with Crippen molar-refractivity contribution in [1.29, 1.82) is 0 Å². The molecule has 0 spiro atoms. The lowest BCUT2D eigenvalue weighted by molar-refractivity contribution is -0.137. The number of aliphatic hydroxyl groups excluding tert-OH is 1. The van der Waals surface area contributed by atoms with Gasteiger partial charge in [-0.2, -0.15) is 0 Å². The Labute approximate surface area is 178 Å². The molecule has 8 heteroatoms. The highest BCUT2D eigenvalue weighted by Crippen LogP contribution is 2.40. The van der Waals surface area contributed by atoms with Crippen molar-refractivity contribution in [2.75, 3.05) is 13.1 Å². The van der Waals surface area contributed by atoms with Gasteiger partial charge < -0.3 is 25.6 Å². The quantitative estimate of drug-likeness (QED) is 0.589. The van der Waals surface area contributed by atoms with Crippen molar-refractivity contribution < 1.29 is 14.7 Å². The number of nitrogens with zero attached hydrogens (tertiary/aromatic N) is 2. The highest BCUT2D eigenvalue weighted by molar-refractivity contribution is 5.81. The summed E-state index contributed by atoms with van der Waals surface area (Å²) in [6, 6.07) is -0.308. The molecule has 1 aliphatic heterocycles. The highest BCUT2D eigenvalue weighted by Gasteiger charge is 2.49. The van der Waals surface area contributed by atoms with E-state index in [1.807, 2.05) is 4.90 Å². The predicted octanol–water partition coefficient (Wildman–Crippen LogP) is 2.23. The lowest BCUT2D eigenvalue weighted by Gasteiger charge is -2.24. The molecule has 0 bridgehead atoms. The molecular formula is C22H35N5O3. The second-order valence-electron chi connectivity index (χ2n) is 9.48. The number of H-pyrrole nitrogens is 1. The Morgan fingerprint density at radius 2 is 1.87 bits per heavy atom. The van der Waals surface area contributed by atoms with Gasteiger partial charge in [-0.25, -0.2) is 9.78 Å². The zero-order valence-corrected chi connectivity index (χ0v) is 18.1. The maximum Gasteiger partial charge on any atom is 0.315 e. The summed E-state index contributed by atoms with van der Waals surface area (Å²) < 4.78 is 0. The minimum absolute atomic E-state index is 0.00843. The lowest BCUT2D eigenvalue weighted by Crippen LogP contribution is -2.47. The maximum atomic E-state index is 13.1. The molecule has 0 unspecified atom stereocenters. The van der Waals surface area contributed by atoms with Gasteiger partial charge in [0.05, 0.1) is 12.0 Å². The Kier molecular flexibility index (Phi) is 6.32. The number of carbonyl (C=O) groups is 2. The second-order valence-corrected chi connectivity index (χ2v) is 9.48. The van der Waals surface area contributed by atoms with Gasteiger partial charge in [-0.05, 0) is 32.1 Å². The van der Waals surface area contributed by atoms with Gasteiger partial charge in [-0.1, -0.05) is 26.7 Å². The van der Waals surface area contributed by atoms with E-state index in [0.29, 0.717) is 6.42 Å². The summed E-state index contributed by atoms with van der Waals surface area (Å²) in [5, 5.41) is 17.3. The summed E-state index contributed by atoms with van der Waals surface area (Å²) in [6.45, 7) is 5.62. The van der Waals surface area contributed by atoms with E-state index in [-0.39, 0.29) is 35.9 Å². The Morgan fingerprint density at radius 3 is 2.50 bits per heavy atom. The molecule has 8 nitrogen and oxygen atoms in total. The van der Waals surface area contributed by atoms with Crippen molar-refractivity contribution >= 4 is 11.9 Å². The largest absolute Gasteiger partial charge is 0.392 e. The number of aromatic amines is 1. The van der Waals surface area contributed by atoms with Gasteiger partial charge >= 0.3 is 6.03 Å². The van der Waals surface area contributed by atoms with E-state index in [9.17, 15) is 14.7 Å². The van der Waals surface area contributed by atoms with E-state index in [4.69, 9.17) is 0 Å². The van der Waals surface area contributed by atoms with E-state index >= 15 is 0 Å². The molecule has 3 amide bonds. The van der Waals surface area contributed by atoms with Crippen LogP contribution in [0.1, 0.15) is 82.1 Å². The first-order chi connectivity index (χ1) is 14.4. The summed E-state index contributed by atoms with van der Waals surface area (Å²) in [5.74, 6) is 0.206. The number of amides is 3.